The van der Waals surface area contributed by atoms with Gasteiger partial charge in [-0.05, 0) is 31.9 Å². The highest BCUT2D eigenvalue weighted by Gasteiger charge is 2.43. The number of aliphatic hydroxyl groups excluding tert-OH is 1. The van der Waals surface area contributed by atoms with Gasteiger partial charge in [-0.3, -0.25) is 0 Å². The highest BCUT2D eigenvalue weighted by Crippen LogP contribution is 2.37. The number of imide groups is 1. The second-order valence-electron chi connectivity index (χ2n) is 6.02. The molecule has 1 N–H and O–H groups in total. The van der Waals surface area contributed by atoms with Crippen molar-refractivity contribution in [2.45, 2.75) is 44.9 Å². The number of rotatable bonds is 1. The van der Waals surface area contributed by atoms with Crippen molar-refractivity contribution < 1.29 is 23.8 Å². The molecule has 2 amide bonds. The maximum atomic E-state index is 13.4. The zero-order valence-electron chi connectivity index (χ0n) is 12.2. The maximum Gasteiger partial charge on any atom is 0.419 e. The van der Waals surface area contributed by atoms with Crippen LogP contribution < -0.4 is 0 Å². The summed E-state index contributed by atoms with van der Waals surface area (Å²) in [5.41, 5.74) is 0.472. The SMILES string of the molecule is CC(C)(C)OC(=O)N(C(=O)F)C1c2ccccc2CC1O. The van der Waals surface area contributed by atoms with Gasteiger partial charge in [0.25, 0.3) is 0 Å². The van der Waals surface area contributed by atoms with E-state index in [1.807, 2.05) is 0 Å². The van der Waals surface area contributed by atoms with Crippen LogP contribution in [-0.2, 0) is 11.2 Å². The molecule has 2 atom stereocenters. The largest absolute Gasteiger partial charge is 0.443 e. The average molecular weight is 295 g/mol. The van der Waals surface area contributed by atoms with Gasteiger partial charge < -0.3 is 9.84 Å². The minimum Gasteiger partial charge on any atom is -0.443 e. The van der Waals surface area contributed by atoms with Gasteiger partial charge in [0, 0.05) is 6.42 Å². The molecule has 0 aliphatic heterocycles. The number of hydrogen-bond acceptors (Lipinski definition) is 4. The third-order valence-electron chi connectivity index (χ3n) is 3.23. The summed E-state index contributed by atoms with van der Waals surface area (Å²) in [4.78, 5) is 23.7. The van der Waals surface area contributed by atoms with E-state index >= 15 is 0 Å². The van der Waals surface area contributed by atoms with E-state index in [0.29, 0.717) is 10.5 Å². The number of benzene rings is 1. The van der Waals surface area contributed by atoms with Crippen molar-refractivity contribution in [3.63, 3.8) is 0 Å². The molecule has 1 aliphatic rings. The van der Waals surface area contributed by atoms with Gasteiger partial charge in [-0.1, -0.05) is 24.3 Å². The lowest BCUT2D eigenvalue weighted by Crippen LogP contribution is -2.43. The molecule has 1 aromatic carbocycles. The van der Waals surface area contributed by atoms with Gasteiger partial charge in [0.05, 0.1) is 12.1 Å². The molecule has 0 spiro atoms. The number of ether oxygens (including phenoxy) is 1. The summed E-state index contributed by atoms with van der Waals surface area (Å²) in [6.45, 7) is 4.85. The predicted octanol–water partition coefficient (Wildman–Crippen LogP) is 2.97. The van der Waals surface area contributed by atoms with Crippen molar-refractivity contribution >= 4 is 12.3 Å². The van der Waals surface area contributed by atoms with Crippen LogP contribution in [0.3, 0.4) is 0 Å². The average Bonchev–Trinajstić information content (AvgIpc) is 2.64. The van der Waals surface area contributed by atoms with Crippen LogP contribution >= 0.6 is 0 Å². The van der Waals surface area contributed by atoms with Gasteiger partial charge in [0.2, 0.25) is 0 Å². The lowest BCUT2D eigenvalue weighted by Gasteiger charge is -2.29. The van der Waals surface area contributed by atoms with Crippen molar-refractivity contribution in [2.24, 2.45) is 0 Å². The monoisotopic (exact) mass is 295 g/mol. The molecule has 2 rings (SSSR count). The van der Waals surface area contributed by atoms with Gasteiger partial charge in [0.1, 0.15) is 5.60 Å². The van der Waals surface area contributed by atoms with E-state index < -0.39 is 30.0 Å². The van der Waals surface area contributed by atoms with Gasteiger partial charge in [-0.15, -0.1) is 4.39 Å². The van der Waals surface area contributed by atoms with Crippen molar-refractivity contribution in [2.75, 3.05) is 0 Å². The Kier molecular flexibility index (Phi) is 4.00. The van der Waals surface area contributed by atoms with E-state index in [4.69, 9.17) is 4.74 Å². The van der Waals surface area contributed by atoms with Gasteiger partial charge in [-0.25, -0.2) is 14.5 Å². The summed E-state index contributed by atoms with van der Waals surface area (Å²) in [5, 5.41) is 10.1. The second kappa shape index (κ2) is 5.44. The van der Waals surface area contributed by atoms with Crippen LogP contribution in [0.2, 0.25) is 0 Å². The van der Waals surface area contributed by atoms with Crippen LogP contribution in [0.5, 0.6) is 0 Å². The molecule has 0 radical (unpaired) electrons. The summed E-state index contributed by atoms with van der Waals surface area (Å²) < 4.78 is 18.4. The number of carbonyl (C=O) groups excluding carboxylic acids is 2. The molecular formula is C15H18FNO4. The summed E-state index contributed by atoms with van der Waals surface area (Å²) in [5.74, 6) is 0. The minimum absolute atomic E-state index is 0.257. The highest BCUT2D eigenvalue weighted by atomic mass is 19.1. The lowest BCUT2D eigenvalue weighted by molar-refractivity contribution is 0.00636. The number of carbonyl (C=O) groups is 2. The minimum atomic E-state index is -1.94. The van der Waals surface area contributed by atoms with Crippen LogP contribution in [0, 0.1) is 0 Å². The summed E-state index contributed by atoms with van der Waals surface area (Å²) in [6, 6.07) is 5.86. The van der Waals surface area contributed by atoms with E-state index in [9.17, 15) is 19.1 Å². The predicted molar refractivity (Wildman–Crippen MR) is 73.5 cm³/mol. The van der Waals surface area contributed by atoms with Crippen LogP contribution in [0.25, 0.3) is 0 Å². The van der Waals surface area contributed by atoms with Crippen LogP contribution in [0.1, 0.15) is 37.9 Å². The molecule has 2 unspecified atom stereocenters. The Morgan fingerprint density at radius 3 is 2.52 bits per heavy atom. The van der Waals surface area contributed by atoms with Crippen molar-refractivity contribution in [3.8, 4) is 0 Å². The number of halogens is 1. The summed E-state index contributed by atoms with van der Waals surface area (Å²) >= 11 is 0. The third-order valence-corrected chi connectivity index (χ3v) is 3.23. The van der Waals surface area contributed by atoms with E-state index in [1.165, 1.54) is 0 Å². The molecule has 0 aromatic heterocycles. The molecule has 0 saturated carbocycles. The number of nitrogens with zero attached hydrogens (tertiary/aromatic N) is 1. The molecule has 1 aromatic rings. The van der Waals surface area contributed by atoms with Crippen LogP contribution in [-0.4, -0.2) is 34.0 Å². The first-order valence-electron chi connectivity index (χ1n) is 6.68. The Hall–Kier alpha value is -1.95. The third kappa shape index (κ3) is 3.21. The molecule has 6 heteroatoms. The fourth-order valence-electron chi connectivity index (χ4n) is 2.47. The number of fused-ring (bicyclic) bond motifs is 1. The fourth-order valence-corrected chi connectivity index (χ4v) is 2.47. The van der Waals surface area contributed by atoms with Gasteiger partial charge in [0.15, 0.2) is 0 Å². The molecule has 0 saturated heterocycles. The molecule has 21 heavy (non-hydrogen) atoms. The Labute approximate surface area is 122 Å². The molecule has 5 nitrogen and oxygen atoms in total. The number of aliphatic hydroxyl groups is 1. The maximum absolute atomic E-state index is 13.4. The van der Waals surface area contributed by atoms with Gasteiger partial charge >= 0.3 is 12.3 Å². The Morgan fingerprint density at radius 1 is 1.33 bits per heavy atom. The van der Waals surface area contributed by atoms with E-state index in [-0.39, 0.29) is 6.42 Å². The molecule has 114 valence electrons. The molecular weight excluding hydrogens is 277 g/mol. The van der Waals surface area contributed by atoms with E-state index in [2.05, 4.69) is 0 Å². The van der Waals surface area contributed by atoms with E-state index in [0.717, 1.165) is 5.56 Å². The topological polar surface area (TPSA) is 66.8 Å². The molecule has 0 heterocycles. The Balaban J connectivity index is 2.35. The normalized spacial score (nSPS) is 20.8. The first-order chi connectivity index (χ1) is 9.70. The smallest absolute Gasteiger partial charge is 0.419 e. The van der Waals surface area contributed by atoms with Crippen molar-refractivity contribution in [3.05, 3.63) is 35.4 Å². The van der Waals surface area contributed by atoms with Crippen LogP contribution in [0.15, 0.2) is 24.3 Å². The molecule has 1 aliphatic carbocycles. The Bertz CT molecular complexity index is 567. The Morgan fingerprint density at radius 2 is 1.95 bits per heavy atom. The van der Waals surface area contributed by atoms with Crippen molar-refractivity contribution in [1.29, 1.82) is 0 Å². The molecule has 0 fully saturated rings. The van der Waals surface area contributed by atoms with Crippen molar-refractivity contribution in [1.82, 2.24) is 4.90 Å². The quantitative estimate of drug-likeness (QED) is 0.639. The zero-order chi connectivity index (χ0) is 15.8. The number of amides is 2. The second-order valence-corrected chi connectivity index (χ2v) is 6.02. The first-order valence-corrected chi connectivity index (χ1v) is 6.68. The lowest BCUT2D eigenvalue weighted by atomic mass is 10.1. The van der Waals surface area contributed by atoms with Crippen LogP contribution in [0.4, 0.5) is 14.0 Å². The highest BCUT2D eigenvalue weighted by molar-refractivity contribution is 5.88. The molecule has 0 bridgehead atoms. The number of hydrogen-bond donors (Lipinski definition) is 1. The zero-order valence-corrected chi connectivity index (χ0v) is 12.2. The summed E-state index contributed by atoms with van der Waals surface area (Å²) in [7, 11) is 0. The summed E-state index contributed by atoms with van der Waals surface area (Å²) in [6.07, 6.45) is -3.83. The fraction of sp³-hybridized carbons (Fsp3) is 0.467. The standard InChI is InChI=1S/C15H18FNO4/c1-15(2,3)21-14(20)17(13(16)19)12-10-7-5-4-6-9(10)8-11(12)18/h4-7,11-12,18H,8H2,1-3H3. The first kappa shape index (κ1) is 15.4. The van der Waals surface area contributed by atoms with Gasteiger partial charge in [-0.2, -0.15) is 0 Å². The van der Waals surface area contributed by atoms with E-state index in [1.54, 1.807) is 45.0 Å².